The van der Waals surface area contributed by atoms with Crippen molar-refractivity contribution in [2.45, 2.75) is 37.7 Å². The zero-order valence-corrected chi connectivity index (χ0v) is 10.8. The minimum absolute atomic E-state index is 0.200. The van der Waals surface area contributed by atoms with Crippen molar-refractivity contribution >= 4 is 11.9 Å². The van der Waals surface area contributed by atoms with Crippen LogP contribution in [0.4, 0.5) is 0 Å². The van der Waals surface area contributed by atoms with Crippen LogP contribution in [0.2, 0.25) is 0 Å². The molecule has 0 saturated heterocycles. The lowest BCUT2D eigenvalue weighted by atomic mass is 9.62. The number of carbonyl (C=O) groups is 2. The molecule has 2 bridgehead atoms. The largest absolute Gasteiger partial charge is 0.469 e. The minimum Gasteiger partial charge on any atom is -0.469 e. The Bertz CT molecular complexity index is 323. The molecule has 2 rings (SSSR count). The van der Waals surface area contributed by atoms with Gasteiger partial charge < -0.3 is 14.6 Å². The van der Waals surface area contributed by atoms with Gasteiger partial charge in [-0.15, -0.1) is 0 Å². The molecule has 2 fully saturated rings. The van der Waals surface area contributed by atoms with Crippen LogP contribution < -0.4 is 0 Å². The van der Waals surface area contributed by atoms with Gasteiger partial charge in [0.15, 0.2) is 0 Å². The quantitative estimate of drug-likeness (QED) is 0.743. The first kappa shape index (κ1) is 13.3. The Labute approximate surface area is 106 Å². The number of methoxy groups -OCH3 is 2. The van der Waals surface area contributed by atoms with Crippen molar-refractivity contribution in [3.8, 4) is 0 Å². The minimum atomic E-state index is -0.918. The molecule has 2 unspecified atom stereocenters. The Morgan fingerprint density at radius 2 is 1.44 bits per heavy atom. The van der Waals surface area contributed by atoms with Gasteiger partial charge in [-0.2, -0.15) is 0 Å². The molecule has 2 atom stereocenters. The van der Waals surface area contributed by atoms with E-state index < -0.39 is 5.60 Å². The van der Waals surface area contributed by atoms with E-state index in [1.807, 2.05) is 0 Å². The van der Waals surface area contributed by atoms with Gasteiger partial charge in [0.2, 0.25) is 0 Å². The smallest absolute Gasteiger partial charge is 0.308 e. The fourth-order valence-electron chi connectivity index (χ4n) is 3.63. The maximum Gasteiger partial charge on any atom is 0.308 e. The van der Waals surface area contributed by atoms with E-state index in [-0.39, 0.29) is 29.7 Å². The van der Waals surface area contributed by atoms with E-state index in [1.165, 1.54) is 14.2 Å². The maximum absolute atomic E-state index is 11.6. The summed E-state index contributed by atoms with van der Waals surface area (Å²) >= 11 is 0. The number of aliphatic hydroxyl groups is 1. The van der Waals surface area contributed by atoms with Crippen LogP contribution in [0.3, 0.4) is 0 Å². The highest BCUT2D eigenvalue weighted by Gasteiger charge is 2.49. The second-order valence-corrected chi connectivity index (χ2v) is 5.61. The fourth-order valence-corrected chi connectivity index (χ4v) is 3.63. The van der Waals surface area contributed by atoms with Crippen LogP contribution in [0.15, 0.2) is 0 Å². The van der Waals surface area contributed by atoms with Gasteiger partial charge in [0.25, 0.3) is 0 Å². The lowest BCUT2D eigenvalue weighted by Crippen LogP contribution is -2.48. The summed E-state index contributed by atoms with van der Waals surface area (Å²) in [5.74, 6) is -0.787. The summed E-state index contributed by atoms with van der Waals surface area (Å²) in [5, 5.41) is 10.5. The lowest BCUT2D eigenvalue weighted by Gasteiger charge is -2.46. The van der Waals surface area contributed by atoms with E-state index in [2.05, 4.69) is 0 Å². The molecular formula is C13H20O5. The molecule has 0 amide bonds. The van der Waals surface area contributed by atoms with Gasteiger partial charge in [0.1, 0.15) is 0 Å². The van der Waals surface area contributed by atoms with Crippen molar-refractivity contribution in [3.63, 3.8) is 0 Å². The number of hydrogen-bond acceptors (Lipinski definition) is 5. The number of carbonyl (C=O) groups excluding carboxylic acids is 2. The standard InChI is InChI=1S/C13H20O5/c1-17-11(14)9-3-8-4-10(12(15)18-2)7-13(16,5-8)6-9/h8-10,16H,3-7H2,1-2H3. The average molecular weight is 256 g/mol. The summed E-state index contributed by atoms with van der Waals surface area (Å²) in [4.78, 5) is 23.2. The molecule has 5 heteroatoms. The average Bonchev–Trinajstić information content (AvgIpc) is 2.34. The Kier molecular flexibility index (Phi) is 3.61. The summed E-state index contributed by atoms with van der Waals surface area (Å²) in [6.07, 6.45) is 2.85. The van der Waals surface area contributed by atoms with Gasteiger partial charge in [-0.05, 0) is 38.0 Å². The first-order chi connectivity index (χ1) is 8.47. The van der Waals surface area contributed by atoms with Gasteiger partial charge in [-0.3, -0.25) is 9.59 Å². The predicted octanol–water partition coefficient (Wildman–Crippen LogP) is 0.890. The molecule has 0 aromatic rings. The highest BCUT2D eigenvalue weighted by molar-refractivity contribution is 5.74. The summed E-state index contributed by atoms with van der Waals surface area (Å²) in [6.45, 7) is 0. The first-order valence-corrected chi connectivity index (χ1v) is 6.35. The molecule has 5 nitrogen and oxygen atoms in total. The van der Waals surface area contributed by atoms with Crippen molar-refractivity contribution in [2.24, 2.45) is 17.8 Å². The molecule has 1 N–H and O–H groups in total. The summed E-state index contributed by atoms with van der Waals surface area (Å²) in [7, 11) is 2.74. The highest BCUT2D eigenvalue weighted by atomic mass is 16.5. The predicted molar refractivity (Wildman–Crippen MR) is 62.5 cm³/mol. The Morgan fingerprint density at radius 1 is 1.00 bits per heavy atom. The highest BCUT2D eigenvalue weighted by Crippen LogP contribution is 2.47. The molecule has 102 valence electrons. The molecule has 0 aliphatic heterocycles. The normalized spacial score (nSPS) is 38.9. The van der Waals surface area contributed by atoms with Crippen molar-refractivity contribution < 1.29 is 24.2 Å². The van der Waals surface area contributed by atoms with Gasteiger partial charge in [-0.25, -0.2) is 0 Å². The molecule has 0 heterocycles. The summed E-state index contributed by atoms with van der Waals surface area (Å²) < 4.78 is 9.51. The fraction of sp³-hybridized carbons (Fsp3) is 0.846. The third-order valence-corrected chi connectivity index (χ3v) is 4.23. The van der Waals surface area contributed by atoms with Gasteiger partial charge in [-0.1, -0.05) is 0 Å². The molecule has 2 aliphatic rings. The van der Waals surface area contributed by atoms with Crippen molar-refractivity contribution in [2.75, 3.05) is 14.2 Å². The molecule has 0 spiro atoms. The lowest BCUT2D eigenvalue weighted by molar-refractivity contribution is -0.163. The molecular weight excluding hydrogens is 236 g/mol. The zero-order chi connectivity index (χ0) is 13.3. The molecule has 0 aromatic carbocycles. The third kappa shape index (κ3) is 2.51. The van der Waals surface area contributed by atoms with Crippen molar-refractivity contribution in [1.29, 1.82) is 0 Å². The van der Waals surface area contributed by atoms with E-state index in [0.717, 1.165) is 0 Å². The number of ether oxygens (including phenoxy) is 2. The van der Waals surface area contributed by atoms with E-state index >= 15 is 0 Å². The monoisotopic (exact) mass is 256 g/mol. The molecule has 0 radical (unpaired) electrons. The van der Waals surface area contributed by atoms with E-state index in [9.17, 15) is 14.7 Å². The molecule has 0 aromatic heterocycles. The Balaban J connectivity index is 2.09. The van der Waals surface area contributed by atoms with E-state index in [4.69, 9.17) is 9.47 Å². The van der Waals surface area contributed by atoms with E-state index in [1.54, 1.807) is 0 Å². The number of hydrogen-bond donors (Lipinski definition) is 1. The number of esters is 2. The summed E-state index contributed by atoms with van der Waals surface area (Å²) in [5.41, 5.74) is -0.918. The SMILES string of the molecule is COC(=O)C1CC2CC(C(=O)OC)CC(O)(C2)C1. The second kappa shape index (κ2) is 4.88. The first-order valence-electron chi connectivity index (χ1n) is 6.35. The second-order valence-electron chi connectivity index (χ2n) is 5.61. The van der Waals surface area contributed by atoms with Crippen LogP contribution in [-0.4, -0.2) is 36.9 Å². The van der Waals surface area contributed by atoms with Crippen LogP contribution in [0, 0.1) is 17.8 Å². The zero-order valence-electron chi connectivity index (χ0n) is 10.8. The van der Waals surface area contributed by atoms with Gasteiger partial charge >= 0.3 is 11.9 Å². The number of rotatable bonds is 2. The van der Waals surface area contributed by atoms with Crippen LogP contribution in [-0.2, 0) is 19.1 Å². The Hall–Kier alpha value is -1.10. The Morgan fingerprint density at radius 3 is 1.78 bits per heavy atom. The summed E-state index contributed by atoms with van der Waals surface area (Å²) in [6, 6.07) is 0. The van der Waals surface area contributed by atoms with Crippen LogP contribution in [0.25, 0.3) is 0 Å². The number of fused-ring (bicyclic) bond motifs is 2. The van der Waals surface area contributed by atoms with Crippen LogP contribution >= 0.6 is 0 Å². The van der Waals surface area contributed by atoms with Crippen molar-refractivity contribution in [3.05, 3.63) is 0 Å². The van der Waals surface area contributed by atoms with Crippen LogP contribution in [0.1, 0.15) is 32.1 Å². The maximum atomic E-state index is 11.6. The van der Waals surface area contributed by atoms with Crippen molar-refractivity contribution in [1.82, 2.24) is 0 Å². The topological polar surface area (TPSA) is 72.8 Å². The van der Waals surface area contributed by atoms with Gasteiger partial charge in [0, 0.05) is 0 Å². The van der Waals surface area contributed by atoms with E-state index in [0.29, 0.717) is 32.1 Å². The molecule has 18 heavy (non-hydrogen) atoms. The molecule has 2 saturated carbocycles. The molecule has 2 aliphatic carbocycles. The third-order valence-electron chi connectivity index (χ3n) is 4.23. The van der Waals surface area contributed by atoms with Gasteiger partial charge in [0.05, 0.1) is 31.7 Å². The van der Waals surface area contributed by atoms with Crippen LogP contribution in [0.5, 0.6) is 0 Å².